The Morgan fingerprint density at radius 3 is 2.65 bits per heavy atom. The largest absolute Gasteiger partial charge is 0.460 e. The maximum atomic E-state index is 12.7. The first-order valence-electron chi connectivity index (χ1n) is 13.7. The van der Waals surface area contributed by atoms with Crippen LogP contribution in [0.15, 0.2) is 30.5 Å². The summed E-state index contributed by atoms with van der Waals surface area (Å²) in [5.41, 5.74) is 3.70. The number of carbonyl (C=O) groups is 1. The number of rotatable bonds is 8. The fourth-order valence-corrected chi connectivity index (χ4v) is 5.25. The van der Waals surface area contributed by atoms with E-state index in [0.717, 1.165) is 74.1 Å². The molecule has 2 fully saturated rings. The number of likely N-dealkylation sites (tertiary alicyclic amines) is 1. The van der Waals surface area contributed by atoms with Crippen molar-refractivity contribution in [2.45, 2.75) is 77.4 Å². The third-order valence-electron chi connectivity index (χ3n) is 7.56. The summed E-state index contributed by atoms with van der Waals surface area (Å²) in [5.74, 6) is 1.14. The second-order valence-electron chi connectivity index (χ2n) is 10.8. The van der Waals surface area contributed by atoms with Gasteiger partial charge >= 0.3 is 6.01 Å². The summed E-state index contributed by atoms with van der Waals surface area (Å²) in [4.78, 5) is 24.5. The fourth-order valence-electron chi connectivity index (χ4n) is 5.25. The van der Waals surface area contributed by atoms with Gasteiger partial charge in [-0.25, -0.2) is 0 Å². The zero-order valence-electron chi connectivity index (χ0n) is 22.2. The number of amides is 1. The lowest BCUT2D eigenvalue weighted by Crippen LogP contribution is -2.36. The summed E-state index contributed by atoms with van der Waals surface area (Å²) in [6.45, 7) is 6.82. The first kappa shape index (κ1) is 25.4. The summed E-state index contributed by atoms with van der Waals surface area (Å²) in [6.07, 6.45) is 9.40. The van der Waals surface area contributed by atoms with Gasteiger partial charge < -0.3 is 20.3 Å². The molecular weight excluding hydrogens is 466 g/mol. The number of anilines is 2. The molecular formula is C28H39N7O2. The van der Waals surface area contributed by atoms with E-state index in [9.17, 15) is 4.79 Å². The van der Waals surface area contributed by atoms with Crippen LogP contribution in [-0.4, -0.2) is 56.6 Å². The Kier molecular flexibility index (Phi) is 7.88. The molecule has 3 heterocycles. The molecule has 0 atom stereocenters. The molecule has 0 bridgehead atoms. The Hall–Kier alpha value is -3.20. The molecule has 5 rings (SSSR count). The van der Waals surface area contributed by atoms with Crippen molar-refractivity contribution in [1.29, 1.82) is 0 Å². The van der Waals surface area contributed by atoms with Gasteiger partial charge in [-0.05, 0) is 56.3 Å². The van der Waals surface area contributed by atoms with Gasteiger partial charge in [-0.15, -0.1) is 0 Å². The highest BCUT2D eigenvalue weighted by molar-refractivity contribution is 5.92. The topological polar surface area (TPSA) is 96.7 Å². The van der Waals surface area contributed by atoms with Crippen LogP contribution in [0, 0.1) is 5.92 Å². The Labute approximate surface area is 219 Å². The number of hydrogen-bond donors (Lipinski definition) is 2. The van der Waals surface area contributed by atoms with Crippen LogP contribution in [0.4, 0.5) is 11.6 Å². The predicted octanol–water partition coefficient (Wildman–Crippen LogP) is 4.85. The first-order valence-corrected chi connectivity index (χ1v) is 13.7. The zero-order valence-corrected chi connectivity index (χ0v) is 22.2. The number of nitrogens with one attached hydrogen (secondary N) is 2. The van der Waals surface area contributed by atoms with Crippen LogP contribution in [0.3, 0.4) is 0 Å². The van der Waals surface area contributed by atoms with Gasteiger partial charge in [0, 0.05) is 36.8 Å². The molecule has 0 radical (unpaired) electrons. The lowest BCUT2D eigenvalue weighted by Gasteiger charge is -2.28. The summed E-state index contributed by atoms with van der Waals surface area (Å²) in [5, 5.41) is 11.1. The van der Waals surface area contributed by atoms with E-state index in [-0.39, 0.29) is 23.8 Å². The third kappa shape index (κ3) is 6.21. The van der Waals surface area contributed by atoms with Crippen LogP contribution < -0.4 is 15.4 Å². The molecule has 0 unspecified atom stereocenters. The van der Waals surface area contributed by atoms with Gasteiger partial charge in [-0.3, -0.25) is 4.79 Å². The standard InChI is InChI=1S/C28H39N7O2/c1-19(2)24-18-30-35-25(24)32-28(37-23-12-14-34(3)15-13-23)33-27(35)29-17-20-8-7-11-22(16-20)31-26(36)21-9-5-4-6-10-21/h7-8,11,16,18-19,21,23H,4-6,9-10,12-15,17H2,1-3H3,(H,31,36)(H,29,32,33). The van der Waals surface area contributed by atoms with Crippen molar-refractivity contribution < 1.29 is 9.53 Å². The van der Waals surface area contributed by atoms with Gasteiger partial charge in [0.1, 0.15) is 6.10 Å². The summed E-state index contributed by atoms with van der Waals surface area (Å²) < 4.78 is 8.01. The molecule has 1 saturated heterocycles. The number of fused-ring (bicyclic) bond motifs is 1. The molecule has 2 N–H and O–H groups in total. The quantitative estimate of drug-likeness (QED) is 0.452. The van der Waals surface area contributed by atoms with Crippen LogP contribution in [0.25, 0.3) is 5.65 Å². The maximum Gasteiger partial charge on any atom is 0.322 e. The highest BCUT2D eigenvalue weighted by Crippen LogP contribution is 2.26. The molecule has 198 valence electrons. The van der Waals surface area contributed by atoms with E-state index < -0.39 is 0 Å². The highest BCUT2D eigenvalue weighted by Gasteiger charge is 2.23. The van der Waals surface area contributed by atoms with E-state index in [4.69, 9.17) is 14.7 Å². The minimum atomic E-state index is 0.112. The minimum Gasteiger partial charge on any atom is -0.460 e. The number of benzene rings is 1. The Morgan fingerprint density at radius 1 is 1.11 bits per heavy atom. The number of hydrogen-bond acceptors (Lipinski definition) is 7. The lowest BCUT2D eigenvalue weighted by molar-refractivity contribution is -0.120. The van der Waals surface area contributed by atoms with Crippen molar-refractivity contribution in [2.75, 3.05) is 30.8 Å². The van der Waals surface area contributed by atoms with E-state index in [1.54, 1.807) is 4.52 Å². The van der Waals surface area contributed by atoms with Crippen LogP contribution in [-0.2, 0) is 11.3 Å². The zero-order chi connectivity index (χ0) is 25.8. The molecule has 9 heteroatoms. The van der Waals surface area contributed by atoms with Crippen LogP contribution >= 0.6 is 0 Å². The Bertz CT molecular complexity index is 1210. The molecule has 2 aliphatic rings. The van der Waals surface area contributed by atoms with E-state index in [1.165, 1.54) is 6.42 Å². The van der Waals surface area contributed by atoms with Crippen molar-refractivity contribution >= 4 is 23.2 Å². The van der Waals surface area contributed by atoms with Crippen LogP contribution in [0.5, 0.6) is 6.01 Å². The average molecular weight is 506 g/mol. The van der Waals surface area contributed by atoms with Crippen molar-refractivity contribution in [3.8, 4) is 6.01 Å². The molecule has 1 amide bonds. The highest BCUT2D eigenvalue weighted by atomic mass is 16.5. The van der Waals surface area contributed by atoms with Crippen molar-refractivity contribution in [3.05, 3.63) is 41.6 Å². The SMILES string of the molecule is CC(C)c1cnn2c(NCc3cccc(NC(=O)C4CCCCC4)c3)nc(OC3CCN(C)CC3)nc12. The smallest absolute Gasteiger partial charge is 0.322 e. The van der Waals surface area contributed by atoms with Gasteiger partial charge in [0.05, 0.1) is 6.20 Å². The van der Waals surface area contributed by atoms with Crippen molar-refractivity contribution in [3.63, 3.8) is 0 Å². The Morgan fingerprint density at radius 2 is 1.89 bits per heavy atom. The van der Waals surface area contributed by atoms with Crippen LogP contribution in [0.1, 0.15) is 75.8 Å². The molecule has 1 aliphatic carbocycles. The van der Waals surface area contributed by atoms with Gasteiger partial charge in [0.25, 0.3) is 0 Å². The van der Waals surface area contributed by atoms with E-state index in [2.05, 4.69) is 41.5 Å². The normalized spacial score (nSPS) is 17.8. The summed E-state index contributed by atoms with van der Waals surface area (Å²) in [7, 11) is 2.14. The second-order valence-corrected chi connectivity index (χ2v) is 10.8. The molecule has 37 heavy (non-hydrogen) atoms. The fraction of sp³-hybridized carbons (Fsp3) is 0.571. The van der Waals surface area contributed by atoms with Crippen LogP contribution in [0.2, 0.25) is 0 Å². The van der Waals surface area contributed by atoms with E-state index in [1.807, 2.05) is 30.5 Å². The lowest BCUT2D eigenvalue weighted by atomic mass is 9.88. The van der Waals surface area contributed by atoms with Crippen molar-refractivity contribution in [1.82, 2.24) is 24.5 Å². The van der Waals surface area contributed by atoms with Gasteiger partial charge in [0.15, 0.2) is 5.65 Å². The third-order valence-corrected chi connectivity index (χ3v) is 7.56. The van der Waals surface area contributed by atoms with Gasteiger partial charge in [-0.1, -0.05) is 45.2 Å². The van der Waals surface area contributed by atoms with E-state index in [0.29, 0.717) is 18.5 Å². The molecule has 1 aromatic carbocycles. The predicted molar refractivity (Wildman–Crippen MR) is 145 cm³/mol. The van der Waals surface area contributed by atoms with E-state index >= 15 is 0 Å². The molecule has 3 aromatic rings. The number of aromatic nitrogens is 4. The number of carbonyl (C=O) groups excluding carboxylic acids is 1. The number of ether oxygens (including phenoxy) is 1. The maximum absolute atomic E-state index is 12.7. The summed E-state index contributed by atoms with van der Waals surface area (Å²) >= 11 is 0. The number of piperidine rings is 1. The van der Waals surface area contributed by atoms with Crippen molar-refractivity contribution in [2.24, 2.45) is 5.92 Å². The molecule has 2 aromatic heterocycles. The molecule has 9 nitrogen and oxygen atoms in total. The average Bonchev–Trinajstić information content (AvgIpc) is 3.34. The summed E-state index contributed by atoms with van der Waals surface area (Å²) in [6, 6.07) is 8.37. The molecule has 1 aliphatic heterocycles. The second kappa shape index (κ2) is 11.5. The molecule has 0 spiro atoms. The van der Waals surface area contributed by atoms with Gasteiger partial charge in [-0.2, -0.15) is 19.6 Å². The Balaban J connectivity index is 1.32. The molecule has 1 saturated carbocycles. The monoisotopic (exact) mass is 505 g/mol. The van der Waals surface area contributed by atoms with Gasteiger partial charge in [0.2, 0.25) is 11.9 Å². The minimum absolute atomic E-state index is 0.112. The first-order chi connectivity index (χ1) is 18.0. The number of nitrogens with zero attached hydrogens (tertiary/aromatic N) is 5.